The molecule has 0 saturated heterocycles. The van der Waals surface area contributed by atoms with Crippen LogP contribution in [-0.2, 0) is 9.47 Å². The molecule has 0 unspecified atom stereocenters. The highest BCUT2D eigenvalue weighted by Gasteiger charge is 2.30. The van der Waals surface area contributed by atoms with Crippen LogP contribution in [-0.4, -0.2) is 25.6 Å². The quantitative estimate of drug-likeness (QED) is 0.195. The van der Waals surface area contributed by atoms with Gasteiger partial charge in [-0.3, -0.25) is 0 Å². The summed E-state index contributed by atoms with van der Waals surface area (Å²) in [5.74, 6) is 0.354. The van der Waals surface area contributed by atoms with Crippen molar-refractivity contribution in [3.8, 4) is 5.75 Å². The summed E-state index contributed by atoms with van der Waals surface area (Å²) in [6, 6.07) is 7.57. The predicted octanol–water partition coefficient (Wildman–Crippen LogP) is 6.34. The standard InChI is InChI=1S/C23H41NO3/c1-4-7-8-9-10-11-12-17-23(26-5-2,27-6-3)18-14-19-25-22-16-13-15-21(24)20-22/h13,15-16,20H,4-12,14,17-19,24H2,1-3H3. The van der Waals surface area contributed by atoms with Crippen LogP contribution in [0.2, 0.25) is 0 Å². The molecular formula is C23H41NO3. The van der Waals surface area contributed by atoms with Gasteiger partial charge in [-0.1, -0.05) is 51.5 Å². The van der Waals surface area contributed by atoms with Gasteiger partial charge in [0.05, 0.1) is 6.61 Å². The van der Waals surface area contributed by atoms with Gasteiger partial charge in [-0.2, -0.15) is 0 Å². The largest absolute Gasteiger partial charge is 0.494 e. The molecule has 4 heteroatoms. The van der Waals surface area contributed by atoms with E-state index in [4.69, 9.17) is 19.9 Å². The molecule has 0 bridgehead atoms. The molecule has 0 aliphatic carbocycles. The van der Waals surface area contributed by atoms with E-state index in [9.17, 15) is 0 Å². The van der Waals surface area contributed by atoms with Crippen LogP contribution >= 0.6 is 0 Å². The number of hydrogen-bond acceptors (Lipinski definition) is 4. The lowest BCUT2D eigenvalue weighted by Gasteiger charge is -2.33. The first-order chi connectivity index (χ1) is 13.2. The number of nitrogen functional groups attached to an aromatic ring is 1. The highest BCUT2D eigenvalue weighted by molar-refractivity contribution is 5.43. The van der Waals surface area contributed by atoms with Gasteiger partial charge in [0.25, 0.3) is 0 Å². The molecule has 0 aliphatic heterocycles. The molecule has 1 aromatic rings. The molecule has 0 amide bonds. The zero-order chi connectivity index (χ0) is 19.8. The first-order valence-electron chi connectivity index (χ1n) is 10.9. The summed E-state index contributed by atoms with van der Waals surface area (Å²) >= 11 is 0. The zero-order valence-electron chi connectivity index (χ0n) is 17.8. The van der Waals surface area contributed by atoms with E-state index in [-0.39, 0.29) is 0 Å². The molecule has 0 aliphatic rings. The molecule has 27 heavy (non-hydrogen) atoms. The molecule has 2 N–H and O–H groups in total. The van der Waals surface area contributed by atoms with E-state index in [1.807, 2.05) is 38.1 Å². The number of anilines is 1. The van der Waals surface area contributed by atoms with Crippen LogP contribution in [0.3, 0.4) is 0 Å². The minimum Gasteiger partial charge on any atom is -0.494 e. The molecule has 1 rings (SSSR count). The molecule has 156 valence electrons. The summed E-state index contributed by atoms with van der Waals surface area (Å²) in [5.41, 5.74) is 6.52. The van der Waals surface area contributed by atoms with Gasteiger partial charge >= 0.3 is 0 Å². The maximum absolute atomic E-state index is 6.09. The number of benzene rings is 1. The highest BCUT2D eigenvalue weighted by atomic mass is 16.7. The van der Waals surface area contributed by atoms with Crippen LogP contribution in [0.1, 0.15) is 85.0 Å². The molecule has 0 saturated carbocycles. The van der Waals surface area contributed by atoms with Crippen LogP contribution < -0.4 is 10.5 Å². The van der Waals surface area contributed by atoms with Crippen molar-refractivity contribution in [2.45, 2.75) is 90.8 Å². The van der Waals surface area contributed by atoms with Crippen molar-refractivity contribution in [2.75, 3.05) is 25.6 Å². The third-order valence-corrected chi connectivity index (χ3v) is 4.80. The lowest BCUT2D eigenvalue weighted by molar-refractivity contribution is -0.242. The Balaban J connectivity index is 2.39. The number of unbranched alkanes of at least 4 members (excludes halogenated alkanes) is 6. The molecule has 0 heterocycles. The fraction of sp³-hybridized carbons (Fsp3) is 0.739. The molecule has 0 atom stereocenters. The maximum atomic E-state index is 6.09. The van der Waals surface area contributed by atoms with Gasteiger partial charge in [0.15, 0.2) is 5.79 Å². The summed E-state index contributed by atoms with van der Waals surface area (Å²) in [6.07, 6.45) is 11.8. The predicted molar refractivity (Wildman–Crippen MR) is 114 cm³/mol. The molecule has 0 radical (unpaired) electrons. The minimum absolute atomic E-state index is 0.466. The number of nitrogens with two attached hydrogens (primary N) is 1. The Kier molecular flexibility index (Phi) is 13.0. The van der Waals surface area contributed by atoms with Crippen molar-refractivity contribution in [1.29, 1.82) is 0 Å². The topological polar surface area (TPSA) is 53.7 Å². The molecule has 4 nitrogen and oxygen atoms in total. The van der Waals surface area contributed by atoms with E-state index in [2.05, 4.69) is 6.92 Å². The first-order valence-corrected chi connectivity index (χ1v) is 10.9. The fourth-order valence-electron chi connectivity index (χ4n) is 3.47. The van der Waals surface area contributed by atoms with Crippen LogP contribution in [0.4, 0.5) is 5.69 Å². The van der Waals surface area contributed by atoms with E-state index >= 15 is 0 Å². The summed E-state index contributed by atoms with van der Waals surface area (Å²) in [4.78, 5) is 0. The van der Waals surface area contributed by atoms with Gasteiger partial charge in [0.2, 0.25) is 0 Å². The van der Waals surface area contributed by atoms with Gasteiger partial charge < -0.3 is 19.9 Å². The van der Waals surface area contributed by atoms with Gasteiger partial charge in [-0.05, 0) is 38.8 Å². The fourth-order valence-corrected chi connectivity index (χ4v) is 3.47. The zero-order valence-corrected chi connectivity index (χ0v) is 17.8. The van der Waals surface area contributed by atoms with Gasteiger partial charge in [0, 0.05) is 37.8 Å². The molecular weight excluding hydrogens is 338 g/mol. The Hall–Kier alpha value is -1.26. The van der Waals surface area contributed by atoms with Crippen molar-refractivity contribution in [3.05, 3.63) is 24.3 Å². The lowest BCUT2D eigenvalue weighted by Crippen LogP contribution is -2.36. The minimum atomic E-state index is -0.466. The lowest BCUT2D eigenvalue weighted by atomic mass is 10.0. The Bertz CT molecular complexity index is 472. The first kappa shape index (κ1) is 23.8. The highest BCUT2D eigenvalue weighted by Crippen LogP contribution is 2.28. The Morgan fingerprint density at radius 1 is 0.815 bits per heavy atom. The van der Waals surface area contributed by atoms with E-state index in [1.165, 1.54) is 38.5 Å². The van der Waals surface area contributed by atoms with Gasteiger partial charge in [0.1, 0.15) is 5.75 Å². The van der Waals surface area contributed by atoms with E-state index in [1.54, 1.807) is 0 Å². The second-order valence-corrected chi connectivity index (χ2v) is 7.17. The van der Waals surface area contributed by atoms with Crippen molar-refractivity contribution in [2.24, 2.45) is 0 Å². The normalized spacial score (nSPS) is 11.7. The number of ether oxygens (including phenoxy) is 3. The SMILES string of the molecule is CCCCCCCCCC(CCCOc1cccc(N)c1)(OCC)OCC. The smallest absolute Gasteiger partial charge is 0.168 e. The van der Waals surface area contributed by atoms with Crippen LogP contribution in [0.25, 0.3) is 0 Å². The van der Waals surface area contributed by atoms with Crippen molar-refractivity contribution < 1.29 is 14.2 Å². The van der Waals surface area contributed by atoms with Gasteiger partial charge in [-0.15, -0.1) is 0 Å². The van der Waals surface area contributed by atoms with Gasteiger partial charge in [-0.25, -0.2) is 0 Å². The molecule has 0 aromatic heterocycles. The molecule has 1 aromatic carbocycles. The van der Waals surface area contributed by atoms with Crippen molar-refractivity contribution in [1.82, 2.24) is 0 Å². The molecule has 0 fully saturated rings. The average Bonchev–Trinajstić information content (AvgIpc) is 2.65. The van der Waals surface area contributed by atoms with E-state index in [0.717, 1.165) is 37.1 Å². The third kappa shape index (κ3) is 10.6. The van der Waals surface area contributed by atoms with Crippen LogP contribution in [0.15, 0.2) is 24.3 Å². The monoisotopic (exact) mass is 379 g/mol. The van der Waals surface area contributed by atoms with Crippen LogP contribution in [0.5, 0.6) is 5.75 Å². The summed E-state index contributed by atoms with van der Waals surface area (Å²) in [6.45, 7) is 8.33. The van der Waals surface area contributed by atoms with Crippen molar-refractivity contribution >= 4 is 5.69 Å². The average molecular weight is 380 g/mol. The Morgan fingerprint density at radius 2 is 1.44 bits per heavy atom. The van der Waals surface area contributed by atoms with Crippen LogP contribution in [0, 0.1) is 0 Å². The van der Waals surface area contributed by atoms with Crippen molar-refractivity contribution in [3.63, 3.8) is 0 Å². The van der Waals surface area contributed by atoms with E-state index < -0.39 is 5.79 Å². The summed E-state index contributed by atoms with van der Waals surface area (Å²) in [5, 5.41) is 0. The number of hydrogen-bond donors (Lipinski definition) is 1. The second kappa shape index (κ2) is 14.8. The Morgan fingerprint density at radius 3 is 2.07 bits per heavy atom. The Labute approximate surface area is 166 Å². The number of rotatable bonds is 17. The summed E-state index contributed by atoms with van der Waals surface area (Å²) < 4.78 is 18.0. The summed E-state index contributed by atoms with van der Waals surface area (Å²) in [7, 11) is 0. The van der Waals surface area contributed by atoms with E-state index in [0.29, 0.717) is 19.8 Å². The third-order valence-electron chi connectivity index (χ3n) is 4.80. The maximum Gasteiger partial charge on any atom is 0.168 e. The molecule has 0 spiro atoms. The second-order valence-electron chi connectivity index (χ2n) is 7.17.